The summed E-state index contributed by atoms with van der Waals surface area (Å²) in [6.45, 7) is 6.56. The number of phosphoric ester groups is 1. The van der Waals surface area contributed by atoms with Gasteiger partial charge in [0, 0.05) is 12.8 Å². The van der Waals surface area contributed by atoms with Crippen LogP contribution in [0.4, 0.5) is 0 Å². The van der Waals surface area contributed by atoms with Crippen LogP contribution in [0.2, 0.25) is 0 Å². The van der Waals surface area contributed by atoms with Crippen LogP contribution in [-0.4, -0.2) is 70.0 Å². The minimum absolute atomic E-state index is 0.0269. The molecule has 9 nitrogen and oxygen atoms in total. The average molecular weight is 720 g/mol. The van der Waals surface area contributed by atoms with E-state index in [4.69, 9.17) is 18.5 Å². The van der Waals surface area contributed by atoms with Crippen molar-refractivity contribution in [1.82, 2.24) is 0 Å². The maximum Gasteiger partial charge on any atom is 0.306 e. The van der Waals surface area contributed by atoms with Gasteiger partial charge in [-0.15, -0.1) is 0 Å². The molecule has 0 heterocycles. The van der Waals surface area contributed by atoms with Crippen LogP contribution in [0.1, 0.15) is 181 Å². The molecule has 0 aromatic heterocycles. The van der Waals surface area contributed by atoms with Gasteiger partial charge in [-0.05, 0) is 18.8 Å². The van der Waals surface area contributed by atoms with Crippen molar-refractivity contribution >= 4 is 19.8 Å². The molecule has 0 aromatic rings. The lowest BCUT2D eigenvalue weighted by molar-refractivity contribution is -0.870. The zero-order valence-electron chi connectivity index (χ0n) is 32.8. The van der Waals surface area contributed by atoms with Crippen molar-refractivity contribution in [3.05, 3.63) is 0 Å². The van der Waals surface area contributed by atoms with Gasteiger partial charge in [0.15, 0.2) is 6.10 Å². The van der Waals surface area contributed by atoms with E-state index in [0.29, 0.717) is 17.4 Å². The molecule has 0 spiro atoms. The molecule has 0 aliphatic rings. The molecule has 0 aromatic carbocycles. The van der Waals surface area contributed by atoms with Gasteiger partial charge in [-0.3, -0.25) is 14.2 Å². The molecule has 3 atom stereocenters. The monoisotopic (exact) mass is 720 g/mol. The lowest BCUT2D eigenvalue weighted by Gasteiger charge is -2.28. The summed E-state index contributed by atoms with van der Waals surface area (Å²) >= 11 is 0. The van der Waals surface area contributed by atoms with Crippen molar-refractivity contribution in [3.8, 4) is 0 Å². The summed E-state index contributed by atoms with van der Waals surface area (Å²) in [6.07, 6.45) is 26.9. The summed E-state index contributed by atoms with van der Waals surface area (Å²) < 4.78 is 33.8. The normalized spacial score (nSPS) is 14.3. The molecule has 49 heavy (non-hydrogen) atoms. The van der Waals surface area contributed by atoms with E-state index in [1.165, 1.54) is 103 Å². The van der Waals surface area contributed by atoms with E-state index in [2.05, 4.69) is 20.8 Å². The Morgan fingerprint density at radius 2 is 1.08 bits per heavy atom. The number of likely N-dealkylation sites (N-methyl/N-ethyl adjacent to an activating group) is 1. The molecule has 0 bridgehead atoms. The van der Waals surface area contributed by atoms with E-state index in [1.54, 1.807) is 0 Å². The molecule has 0 aliphatic carbocycles. The fraction of sp³-hybridized carbons (Fsp3) is 0.949. The van der Waals surface area contributed by atoms with Crippen molar-refractivity contribution in [2.45, 2.75) is 187 Å². The molecule has 0 N–H and O–H groups in total. The van der Waals surface area contributed by atoms with Crippen molar-refractivity contribution in [2.24, 2.45) is 5.92 Å². The van der Waals surface area contributed by atoms with E-state index < -0.39 is 26.5 Å². The number of carbonyl (C=O) groups is 2. The summed E-state index contributed by atoms with van der Waals surface area (Å²) in [6, 6.07) is 0. The highest BCUT2D eigenvalue weighted by Gasteiger charge is 2.21. The molecular weight excluding hydrogens is 641 g/mol. The van der Waals surface area contributed by atoms with Crippen LogP contribution in [0.15, 0.2) is 0 Å². The molecular formula is C39H78NO8P. The third kappa shape index (κ3) is 35.2. The number of hydrogen-bond donors (Lipinski definition) is 0. The zero-order valence-corrected chi connectivity index (χ0v) is 33.7. The molecule has 0 rings (SSSR count). The van der Waals surface area contributed by atoms with Crippen LogP contribution in [0, 0.1) is 5.92 Å². The first-order chi connectivity index (χ1) is 23.4. The summed E-state index contributed by atoms with van der Waals surface area (Å²) in [7, 11) is 1.17. The van der Waals surface area contributed by atoms with Crippen molar-refractivity contribution in [1.29, 1.82) is 0 Å². The van der Waals surface area contributed by atoms with E-state index >= 15 is 0 Å². The van der Waals surface area contributed by atoms with Crippen molar-refractivity contribution in [3.63, 3.8) is 0 Å². The van der Waals surface area contributed by atoms with Gasteiger partial charge in [0.1, 0.15) is 19.8 Å². The maximum atomic E-state index is 12.6. The highest BCUT2D eigenvalue weighted by Crippen LogP contribution is 2.38. The van der Waals surface area contributed by atoms with E-state index in [-0.39, 0.29) is 32.0 Å². The highest BCUT2D eigenvalue weighted by molar-refractivity contribution is 7.45. The average Bonchev–Trinajstić information content (AvgIpc) is 3.04. The molecule has 0 amide bonds. The summed E-state index contributed by atoms with van der Waals surface area (Å²) in [5, 5.41) is 0. The SMILES string of the molecule is CCCCCCCCCCCCCCCC(=O)OC[C@H](COP(=O)([O-])OCC[N+](C)(C)C)OC(=O)CCCCCCCCCC[C@H](C)CC. The van der Waals surface area contributed by atoms with Crippen molar-refractivity contribution in [2.75, 3.05) is 47.5 Å². The molecule has 1 unspecified atom stereocenters. The highest BCUT2D eigenvalue weighted by atomic mass is 31.2. The topological polar surface area (TPSA) is 111 Å². The lowest BCUT2D eigenvalue weighted by atomic mass is 9.99. The third-order valence-electron chi connectivity index (χ3n) is 9.17. The number of carbonyl (C=O) groups excluding carboxylic acids is 2. The second-order valence-electron chi connectivity index (χ2n) is 15.3. The van der Waals surface area contributed by atoms with Crippen LogP contribution >= 0.6 is 7.82 Å². The number of unbranched alkanes of at least 4 members (excludes halogenated alkanes) is 19. The third-order valence-corrected chi connectivity index (χ3v) is 10.1. The van der Waals surface area contributed by atoms with Gasteiger partial charge >= 0.3 is 11.9 Å². The standard InChI is InChI=1S/C39H78NO8P/c1-7-9-10-11-12-13-14-15-16-17-21-24-27-30-38(41)45-34-37(35-47-49(43,44)46-33-32-40(4,5)6)48-39(42)31-28-25-22-19-18-20-23-26-29-36(3)8-2/h36-37H,7-35H2,1-6H3/t36-,37-/m1/s1. The van der Waals surface area contributed by atoms with Gasteiger partial charge in [0.25, 0.3) is 7.82 Å². The minimum Gasteiger partial charge on any atom is -0.756 e. The summed E-state index contributed by atoms with van der Waals surface area (Å²) in [4.78, 5) is 37.3. The smallest absolute Gasteiger partial charge is 0.306 e. The van der Waals surface area contributed by atoms with Crippen LogP contribution in [0.5, 0.6) is 0 Å². The largest absolute Gasteiger partial charge is 0.756 e. The van der Waals surface area contributed by atoms with E-state index in [0.717, 1.165) is 44.4 Å². The first-order valence-corrected chi connectivity index (χ1v) is 21.6. The second kappa shape index (κ2) is 31.7. The molecule has 0 aliphatic heterocycles. The quantitative estimate of drug-likeness (QED) is 0.0272. The van der Waals surface area contributed by atoms with Crippen LogP contribution in [-0.2, 0) is 32.7 Å². The van der Waals surface area contributed by atoms with Gasteiger partial charge in [-0.1, -0.05) is 156 Å². The Morgan fingerprint density at radius 3 is 1.55 bits per heavy atom. The number of phosphoric acid groups is 1. The Balaban J connectivity index is 4.40. The Labute approximate surface area is 302 Å². The number of ether oxygens (including phenoxy) is 2. The van der Waals surface area contributed by atoms with E-state index in [9.17, 15) is 19.0 Å². The lowest BCUT2D eigenvalue weighted by Crippen LogP contribution is -2.37. The Kier molecular flexibility index (Phi) is 31.1. The van der Waals surface area contributed by atoms with Gasteiger partial charge < -0.3 is 27.9 Å². The predicted octanol–water partition coefficient (Wildman–Crippen LogP) is 10.1. The number of esters is 2. The molecule has 0 saturated heterocycles. The van der Waals surface area contributed by atoms with Gasteiger partial charge in [-0.25, -0.2) is 0 Å². The first kappa shape index (κ1) is 48.0. The van der Waals surface area contributed by atoms with Crippen LogP contribution in [0.3, 0.4) is 0 Å². The van der Waals surface area contributed by atoms with Gasteiger partial charge in [-0.2, -0.15) is 0 Å². The van der Waals surface area contributed by atoms with Gasteiger partial charge in [0.2, 0.25) is 0 Å². The molecule has 0 radical (unpaired) electrons. The summed E-state index contributed by atoms with van der Waals surface area (Å²) in [5.41, 5.74) is 0. The molecule has 0 fully saturated rings. The van der Waals surface area contributed by atoms with Crippen molar-refractivity contribution < 1.29 is 42.1 Å². The van der Waals surface area contributed by atoms with Crippen LogP contribution in [0.25, 0.3) is 0 Å². The predicted molar refractivity (Wildman–Crippen MR) is 199 cm³/mol. The molecule has 0 saturated carbocycles. The first-order valence-electron chi connectivity index (χ1n) is 20.1. The Bertz CT molecular complexity index is 834. The maximum absolute atomic E-state index is 12.6. The zero-order chi connectivity index (χ0) is 36.6. The molecule has 10 heteroatoms. The number of nitrogens with zero attached hydrogens (tertiary/aromatic N) is 1. The Hall–Kier alpha value is -0.990. The molecule has 292 valence electrons. The van der Waals surface area contributed by atoms with Crippen LogP contribution < -0.4 is 4.89 Å². The van der Waals surface area contributed by atoms with E-state index in [1.807, 2.05) is 21.1 Å². The second-order valence-corrected chi connectivity index (χ2v) is 16.7. The summed E-state index contributed by atoms with van der Waals surface area (Å²) in [5.74, 6) is -0.00535. The van der Waals surface area contributed by atoms with Gasteiger partial charge in [0.05, 0.1) is 27.7 Å². The Morgan fingerprint density at radius 1 is 0.633 bits per heavy atom. The number of quaternary nitrogens is 1. The number of hydrogen-bond acceptors (Lipinski definition) is 8. The fourth-order valence-corrected chi connectivity index (χ4v) is 6.30. The number of rotatable bonds is 36. The fourth-order valence-electron chi connectivity index (χ4n) is 5.57. The minimum atomic E-state index is -4.61.